The number of ether oxygens (including phenoxy) is 1. The fraction of sp³-hybridized carbons (Fsp3) is 0.286. The van der Waals surface area contributed by atoms with E-state index >= 15 is 0 Å². The van der Waals surface area contributed by atoms with Crippen molar-refractivity contribution >= 4 is 27.3 Å². The van der Waals surface area contributed by atoms with Crippen LogP contribution in [0.15, 0.2) is 34.1 Å². The van der Waals surface area contributed by atoms with Gasteiger partial charge in [0.25, 0.3) is 0 Å². The molecule has 1 aromatic carbocycles. The van der Waals surface area contributed by atoms with Crippen molar-refractivity contribution in [1.82, 2.24) is 0 Å². The van der Waals surface area contributed by atoms with E-state index in [2.05, 4.69) is 15.9 Å². The van der Waals surface area contributed by atoms with Gasteiger partial charge in [-0.15, -0.1) is 11.3 Å². The number of halogens is 1. The highest BCUT2D eigenvalue weighted by molar-refractivity contribution is 9.10. The normalized spacial score (nSPS) is 12.4. The highest BCUT2D eigenvalue weighted by Gasteiger charge is 2.10. The van der Waals surface area contributed by atoms with Crippen LogP contribution in [-0.2, 0) is 6.61 Å². The Balaban J connectivity index is 2.16. The zero-order valence-electron chi connectivity index (χ0n) is 10.3. The minimum atomic E-state index is -0.522. The molecular formula is C14H15BrO2S. The van der Waals surface area contributed by atoms with E-state index in [0.29, 0.717) is 6.61 Å². The van der Waals surface area contributed by atoms with Gasteiger partial charge < -0.3 is 9.84 Å². The first-order chi connectivity index (χ1) is 8.58. The van der Waals surface area contributed by atoms with Crippen LogP contribution >= 0.6 is 27.3 Å². The fourth-order valence-corrected chi connectivity index (χ4v) is 3.08. The number of aryl methyl sites for hydroxylation is 1. The van der Waals surface area contributed by atoms with Crippen molar-refractivity contribution in [3.63, 3.8) is 0 Å². The minimum absolute atomic E-state index is 0.515. The number of hydrogen-bond donors (Lipinski definition) is 1. The Hall–Kier alpha value is -0.840. The quantitative estimate of drug-likeness (QED) is 0.899. The van der Waals surface area contributed by atoms with Gasteiger partial charge in [-0.2, -0.15) is 0 Å². The molecule has 0 saturated carbocycles. The summed E-state index contributed by atoms with van der Waals surface area (Å²) >= 11 is 5.13. The number of hydrogen-bond acceptors (Lipinski definition) is 3. The summed E-state index contributed by atoms with van der Waals surface area (Å²) in [4.78, 5) is 1.15. The molecule has 0 aliphatic heterocycles. The Kier molecular flexibility index (Phi) is 4.43. The Morgan fingerprint density at radius 1 is 1.39 bits per heavy atom. The van der Waals surface area contributed by atoms with Crippen LogP contribution in [0.1, 0.15) is 29.0 Å². The molecule has 0 fully saturated rings. The third-order valence-electron chi connectivity index (χ3n) is 2.67. The number of aliphatic hydroxyl groups is 1. The van der Waals surface area contributed by atoms with Gasteiger partial charge in [0.15, 0.2) is 0 Å². The van der Waals surface area contributed by atoms with Gasteiger partial charge in [-0.25, -0.2) is 0 Å². The number of rotatable bonds is 4. The molecule has 2 nitrogen and oxygen atoms in total. The molecule has 96 valence electrons. The zero-order chi connectivity index (χ0) is 13.1. The first-order valence-electron chi connectivity index (χ1n) is 5.71. The maximum Gasteiger partial charge on any atom is 0.125 e. The Morgan fingerprint density at radius 2 is 2.17 bits per heavy atom. The van der Waals surface area contributed by atoms with Gasteiger partial charge in [0.05, 0.1) is 11.0 Å². The molecule has 2 rings (SSSR count). The van der Waals surface area contributed by atoms with Gasteiger partial charge in [-0.05, 0) is 53.4 Å². The lowest BCUT2D eigenvalue weighted by atomic mass is 10.1. The predicted molar refractivity (Wildman–Crippen MR) is 78.2 cm³/mol. The molecule has 1 atom stereocenters. The van der Waals surface area contributed by atoms with Crippen LogP contribution in [0, 0.1) is 6.92 Å². The average Bonchev–Trinajstić information content (AvgIpc) is 2.73. The summed E-state index contributed by atoms with van der Waals surface area (Å²) in [5.41, 5.74) is 1.96. The SMILES string of the molecule is Cc1ccc(OCc2sccc2Br)c(C(C)O)c1. The lowest BCUT2D eigenvalue weighted by Gasteiger charge is -2.14. The molecule has 1 N–H and O–H groups in total. The van der Waals surface area contributed by atoms with Gasteiger partial charge in [-0.1, -0.05) is 11.6 Å². The molecule has 0 spiro atoms. The van der Waals surface area contributed by atoms with E-state index in [9.17, 15) is 5.11 Å². The van der Waals surface area contributed by atoms with Crippen LogP contribution in [0.3, 0.4) is 0 Å². The van der Waals surface area contributed by atoms with Crippen LogP contribution < -0.4 is 4.74 Å². The molecular weight excluding hydrogens is 312 g/mol. The van der Waals surface area contributed by atoms with E-state index in [-0.39, 0.29) is 0 Å². The van der Waals surface area contributed by atoms with Crippen molar-refractivity contribution in [2.45, 2.75) is 26.6 Å². The maximum absolute atomic E-state index is 9.75. The Labute approximate surface area is 119 Å². The van der Waals surface area contributed by atoms with Crippen molar-refractivity contribution in [3.05, 3.63) is 50.1 Å². The first kappa shape index (κ1) is 13.6. The summed E-state index contributed by atoms with van der Waals surface area (Å²) in [7, 11) is 0. The van der Waals surface area contributed by atoms with Gasteiger partial charge in [0, 0.05) is 10.0 Å². The topological polar surface area (TPSA) is 29.5 Å². The van der Waals surface area contributed by atoms with Crippen molar-refractivity contribution in [3.8, 4) is 5.75 Å². The monoisotopic (exact) mass is 326 g/mol. The van der Waals surface area contributed by atoms with Crippen molar-refractivity contribution in [1.29, 1.82) is 0 Å². The second kappa shape index (κ2) is 5.87. The molecule has 0 aliphatic rings. The summed E-state index contributed by atoms with van der Waals surface area (Å²) in [5.74, 6) is 0.746. The van der Waals surface area contributed by atoms with Gasteiger partial charge in [-0.3, -0.25) is 0 Å². The number of aliphatic hydroxyl groups excluding tert-OH is 1. The van der Waals surface area contributed by atoms with Crippen molar-refractivity contribution in [2.75, 3.05) is 0 Å². The van der Waals surface area contributed by atoms with Gasteiger partial charge in [0.2, 0.25) is 0 Å². The summed E-state index contributed by atoms with van der Waals surface area (Å²) < 4.78 is 6.87. The second-order valence-corrected chi connectivity index (χ2v) is 6.05. The van der Waals surface area contributed by atoms with E-state index in [1.165, 1.54) is 0 Å². The van der Waals surface area contributed by atoms with E-state index in [0.717, 1.165) is 26.2 Å². The molecule has 1 unspecified atom stereocenters. The first-order valence-corrected chi connectivity index (χ1v) is 7.38. The van der Waals surface area contributed by atoms with Crippen molar-refractivity contribution < 1.29 is 9.84 Å². The van der Waals surface area contributed by atoms with E-state index in [4.69, 9.17) is 4.74 Å². The zero-order valence-corrected chi connectivity index (χ0v) is 12.7. The molecule has 0 bridgehead atoms. The lowest BCUT2D eigenvalue weighted by molar-refractivity contribution is 0.190. The largest absolute Gasteiger partial charge is 0.488 e. The summed E-state index contributed by atoms with van der Waals surface area (Å²) in [5, 5.41) is 11.8. The average molecular weight is 327 g/mol. The van der Waals surface area contributed by atoms with Crippen LogP contribution in [0.4, 0.5) is 0 Å². The minimum Gasteiger partial charge on any atom is -0.488 e. The molecule has 0 saturated heterocycles. The third kappa shape index (κ3) is 3.13. The predicted octanol–water partition coefficient (Wildman–Crippen LogP) is 4.45. The number of thiophene rings is 1. The molecule has 0 aliphatic carbocycles. The van der Waals surface area contributed by atoms with Gasteiger partial charge >= 0.3 is 0 Å². The van der Waals surface area contributed by atoms with Crippen LogP contribution in [0.25, 0.3) is 0 Å². The third-order valence-corrected chi connectivity index (χ3v) is 4.57. The molecule has 0 radical (unpaired) electrons. The van der Waals surface area contributed by atoms with E-state index in [1.807, 2.05) is 36.6 Å². The number of benzene rings is 1. The highest BCUT2D eigenvalue weighted by Crippen LogP contribution is 2.29. The molecule has 1 heterocycles. The van der Waals surface area contributed by atoms with E-state index < -0.39 is 6.10 Å². The maximum atomic E-state index is 9.75. The van der Waals surface area contributed by atoms with Crippen molar-refractivity contribution in [2.24, 2.45) is 0 Å². The second-order valence-electron chi connectivity index (χ2n) is 4.20. The summed E-state index contributed by atoms with van der Waals surface area (Å²) in [6, 6.07) is 7.88. The van der Waals surface area contributed by atoms with E-state index in [1.54, 1.807) is 18.3 Å². The summed E-state index contributed by atoms with van der Waals surface area (Å²) in [6.07, 6.45) is -0.522. The Morgan fingerprint density at radius 3 is 2.78 bits per heavy atom. The smallest absolute Gasteiger partial charge is 0.125 e. The molecule has 18 heavy (non-hydrogen) atoms. The van der Waals surface area contributed by atoms with Crippen LogP contribution in [0.5, 0.6) is 5.75 Å². The lowest BCUT2D eigenvalue weighted by Crippen LogP contribution is -2.00. The fourth-order valence-electron chi connectivity index (χ4n) is 1.70. The molecule has 0 amide bonds. The highest BCUT2D eigenvalue weighted by atomic mass is 79.9. The molecule has 2 aromatic rings. The standard InChI is InChI=1S/C14H15BrO2S/c1-9-3-4-13(11(7-9)10(2)16)17-8-14-12(15)5-6-18-14/h3-7,10,16H,8H2,1-2H3. The van der Waals surface area contributed by atoms with Crippen LogP contribution in [0.2, 0.25) is 0 Å². The van der Waals surface area contributed by atoms with Gasteiger partial charge in [0.1, 0.15) is 12.4 Å². The van der Waals surface area contributed by atoms with Crippen LogP contribution in [-0.4, -0.2) is 5.11 Å². The molecule has 4 heteroatoms. The Bertz CT molecular complexity index is 534. The molecule has 1 aromatic heterocycles. The summed E-state index contributed by atoms with van der Waals surface area (Å²) in [6.45, 7) is 4.27.